The summed E-state index contributed by atoms with van der Waals surface area (Å²) >= 11 is 1.65. The van der Waals surface area contributed by atoms with Crippen molar-refractivity contribution in [2.24, 2.45) is 17.8 Å². The van der Waals surface area contributed by atoms with Crippen LogP contribution in [0, 0.1) is 17.8 Å². The van der Waals surface area contributed by atoms with Crippen LogP contribution in [-0.4, -0.2) is 76.6 Å². The Bertz CT molecular complexity index is 953. The van der Waals surface area contributed by atoms with Gasteiger partial charge in [0.05, 0.1) is 23.2 Å². The van der Waals surface area contributed by atoms with E-state index in [1.165, 1.54) is 4.90 Å². The van der Waals surface area contributed by atoms with Crippen molar-refractivity contribution >= 4 is 40.9 Å². The fourth-order valence-corrected chi connectivity index (χ4v) is 8.81. The summed E-state index contributed by atoms with van der Waals surface area (Å²) in [5.74, 6) is -1.42. The molecule has 3 fully saturated rings. The third-order valence-electron chi connectivity index (χ3n) is 7.95. The molecule has 192 valence electrons. The van der Waals surface area contributed by atoms with Crippen molar-refractivity contribution < 1.29 is 19.5 Å². The highest BCUT2D eigenvalue weighted by Crippen LogP contribution is 2.68. The molecule has 3 N–H and O–H groups in total. The number of aliphatic hydroxyl groups excluding tert-OH is 1. The van der Waals surface area contributed by atoms with E-state index < -0.39 is 22.6 Å². The number of nitrogens with zero attached hydrogens (tertiary/aromatic N) is 2. The Morgan fingerprint density at radius 3 is 2.46 bits per heavy atom. The molecule has 1 aromatic carbocycles. The third kappa shape index (κ3) is 4.20. The number of carbonyl (C=O) groups excluding carboxylic acids is 3. The number of fused-ring (bicyclic) bond motifs is 1. The lowest BCUT2D eigenvalue weighted by atomic mass is 9.66. The fourth-order valence-electron chi connectivity index (χ4n) is 6.39. The van der Waals surface area contributed by atoms with Crippen LogP contribution >= 0.6 is 11.8 Å². The molecule has 3 heterocycles. The van der Waals surface area contributed by atoms with Gasteiger partial charge in [0.15, 0.2) is 0 Å². The quantitative estimate of drug-likeness (QED) is 0.454. The van der Waals surface area contributed by atoms with E-state index in [1.807, 2.05) is 31.2 Å². The lowest BCUT2D eigenvalue weighted by molar-refractivity contribution is -0.139. The predicted octanol–water partition coefficient (Wildman–Crippen LogP) is 2.33. The minimum absolute atomic E-state index is 0.0238. The second-order valence-electron chi connectivity index (χ2n) is 9.81. The van der Waals surface area contributed by atoms with Crippen molar-refractivity contribution in [2.75, 3.05) is 43.0 Å². The van der Waals surface area contributed by atoms with Gasteiger partial charge >= 0.3 is 0 Å². The Labute approximate surface area is 212 Å². The van der Waals surface area contributed by atoms with E-state index in [9.17, 15) is 19.5 Å². The first kappa shape index (κ1) is 25.8. The summed E-state index contributed by atoms with van der Waals surface area (Å²) in [6, 6.07) is 7.02. The molecule has 0 aromatic heterocycles. The minimum Gasteiger partial charge on any atom is -0.395 e. The summed E-state index contributed by atoms with van der Waals surface area (Å²) in [5, 5.41) is 15.8. The van der Waals surface area contributed by atoms with Gasteiger partial charge in [0, 0.05) is 42.8 Å². The monoisotopic (exact) mass is 502 g/mol. The Kier molecular flexibility index (Phi) is 7.66. The van der Waals surface area contributed by atoms with Crippen molar-refractivity contribution in [2.45, 2.75) is 56.6 Å². The number of rotatable bonds is 10. The van der Waals surface area contributed by atoms with Gasteiger partial charge in [0.1, 0.15) is 6.04 Å². The largest absolute Gasteiger partial charge is 0.395 e. The van der Waals surface area contributed by atoms with Gasteiger partial charge in [-0.3, -0.25) is 14.4 Å². The first-order valence-electron chi connectivity index (χ1n) is 12.9. The number of amides is 3. The molecule has 9 heteroatoms. The summed E-state index contributed by atoms with van der Waals surface area (Å²) in [6.07, 6.45) is 1.62. The number of benzene rings is 1. The van der Waals surface area contributed by atoms with Crippen molar-refractivity contribution in [3.8, 4) is 0 Å². The van der Waals surface area contributed by atoms with Gasteiger partial charge in [0.25, 0.3) is 0 Å². The number of hydrogen-bond acceptors (Lipinski definition) is 6. The van der Waals surface area contributed by atoms with Gasteiger partial charge in [-0.05, 0) is 56.9 Å². The van der Waals surface area contributed by atoms with Crippen LogP contribution in [0.4, 0.5) is 11.4 Å². The third-order valence-corrected chi connectivity index (χ3v) is 10.0. The standard InChI is InChI=1S/C26H38N4O4S/c1-5-12-27-23(32)20-19-15-16(4)26(35-19)21(20)25(34)30(13-14-31)22(26)24(33)28-17-8-10-18(11-9-17)29(6-2)7-3/h8-11,16,19-22,31H,5-7,12-15H2,1-4H3,(H,27,32)(H,28,33)/t16?,19-,20+,21+,22?,26?/m1/s1. The highest BCUT2D eigenvalue weighted by Gasteiger charge is 2.75. The second kappa shape index (κ2) is 10.4. The molecule has 8 nitrogen and oxygen atoms in total. The van der Waals surface area contributed by atoms with Crippen LogP contribution in [0.5, 0.6) is 0 Å². The Morgan fingerprint density at radius 2 is 1.86 bits per heavy atom. The number of nitrogens with one attached hydrogen (secondary N) is 2. The lowest BCUT2D eigenvalue weighted by Crippen LogP contribution is -2.55. The molecule has 35 heavy (non-hydrogen) atoms. The summed E-state index contributed by atoms with van der Waals surface area (Å²) < 4.78 is -0.670. The SMILES string of the molecule is CCCNC(=O)[C@@H]1[C@H]2C(=O)N(CCO)C(C(=O)Nc3ccc(N(CC)CC)cc3)C23S[C@@H]1CC3C. The predicted molar refractivity (Wildman–Crippen MR) is 139 cm³/mol. The number of hydrogen-bond donors (Lipinski definition) is 3. The van der Waals surface area contributed by atoms with Gasteiger partial charge in [-0.1, -0.05) is 13.8 Å². The first-order chi connectivity index (χ1) is 16.8. The molecule has 1 spiro atoms. The average Bonchev–Trinajstić information content (AvgIpc) is 3.43. The van der Waals surface area contributed by atoms with E-state index in [4.69, 9.17) is 0 Å². The van der Waals surface area contributed by atoms with E-state index in [2.05, 4.69) is 36.3 Å². The molecule has 2 bridgehead atoms. The van der Waals surface area contributed by atoms with Crippen LogP contribution < -0.4 is 15.5 Å². The molecule has 4 rings (SSSR count). The van der Waals surface area contributed by atoms with Gasteiger partial charge in [-0.2, -0.15) is 0 Å². The first-order valence-corrected chi connectivity index (χ1v) is 13.7. The molecule has 1 aromatic rings. The number of carbonyl (C=O) groups is 3. The van der Waals surface area contributed by atoms with Crippen LogP contribution in [0.2, 0.25) is 0 Å². The zero-order valence-electron chi connectivity index (χ0n) is 21.1. The number of anilines is 2. The Morgan fingerprint density at radius 1 is 1.17 bits per heavy atom. The number of likely N-dealkylation sites (tertiary alicyclic amines) is 1. The topological polar surface area (TPSA) is 102 Å². The van der Waals surface area contributed by atoms with Crippen LogP contribution in [0.15, 0.2) is 24.3 Å². The minimum atomic E-state index is -0.733. The maximum absolute atomic E-state index is 13.8. The Balaban J connectivity index is 1.62. The zero-order valence-corrected chi connectivity index (χ0v) is 21.9. The molecule has 0 aliphatic carbocycles. The smallest absolute Gasteiger partial charge is 0.248 e. The highest BCUT2D eigenvalue weighted by molar-refractivity contribution is 8.02. The number of β-amino-alcohol motifs (C(OH)–C–C–N with tert-alkyl or cyclic N) is 1. The van der Waals surface area contributed by atoms with Gasteiger partial charge < -0.3 is 25.5 Å². The van der Waals surface area contributed by atoms with Crippen LogP contribution in [-0.2, 0) is 14.4 Å². The van der Waals surface area contributed by atoms with E-state index >= 15 is 0 Å². The summed E-state index contributed by atoms with van der Waals surface area (Å²) in [4.78, 5) is 44.3. The molecule has 0 radical (unpaired) electrons. The van der Waals surface area contributed by atoms with Crippen molar-refractivity contribution in [1.82, 2.24) is 10.2 Å². The summed E-state index contributed by atoms with van der Waals surface area (Å²) in [5.41, 5.74) is 1.76. The van der Waals surface area contributed by atoms with Crippen LogP contribution in [0.1, 0.15) is 40.5 Å². The average molecular weight is 503 g/mol. The zero-order chi connectivity index (χ0) is 25.3. The van der Waals surface area contributed by atoms with Crippen molar-refractivity contribution in [3.63, 3.8) is 0 Å². The Hall–Kier alpha value is -2.26. The highest BCUT2D eigenvalue weighted by atomic mass is 32.2. The summed E-state index contributed by atoms with van der Waals surface area (Å²) in [6.45, 7) is 10.5. The number of aliphatic hydroxyl groups is 1. The molecular weight excluding hydrogens is 464 g/mol. The van der Waals surface area contributed by atoms with Gasteiger partial charge in [-0.25, -0.2) is 0 Å². The van der Waals surface area contributed by atoms with E-state index in [0.717, 1.165) is 31.6 Å². The summed E-state index contributed by atoms with van der Waals surface area (Å²) in [7, 11) is 0. The molecule has 3 aliphatic heterocycles. The van der Waals surface area contributed by atoms with Crippen molar-refractivity contribution in [1.29, 1.82) is 0 Å². The fraction of sp³-hybridized carbons (Fsp3) is 0.654. The second-order valence-corrected chi connectivity index (χ2v) is 11.4. The van der Waals surface area contributed by atoms with Gasteiger partial charge in [-0.15, -0.1) is 11.8 Å². The van der Waals surface area contributed by atoms with Gasteiger partial charge in [0.2, 0.25) is 17.7 Å². The molecular formula is C26H38N4O4S. The molecule has 3 amide bonds. The van der Waals surface area contributed by atoms with Crippen LogP contribution in [0.3, 0.4) is 0 Å². The molecule has 0 saturated carbocycles. The molecule has 6 atom stereocenters. The maximum Gasteiger partial charge on any atom is 0.248 e. The maximum atomic E-state index is 13.8. The van der Waals surface area contributed by atoms with E-state index in [0.29, 0.717) is 12.2 Å². The normalized spacial score (nSPS) is 30.9. The van der Waals surface area contributed by atoms with E-state index in [-0.39, 0.29) is 42.0 Å². The van der Waals surface area contributed by atoms with E-state index in [1.54, 1.807) is 11.8 Å². The van der Waals surface area contributed by atoms with Crippen molar-refractivity contribution in [3.05, 3.63) is 24.3 Å². The number of thioether (sulfide) groups is 1. The molecule has 3 unspecified atom stereocenters. The molecule has 3 aliphatic rings. The lowest BCUT2D eigenvalue weighted by Gasteiger charge is -2.38. The van der Waals surface area contributed by atoms with Crippen LogP contribution in [0.25, 0.3) is 0 Å². The molecule has 3 saturated heterocycles.